The highest BCUT2D eigenvalue weighted by Crippen LogP contribution is 2.33. The van der Waals surface area contributed by atoms with Crippen molar-refractivity contribution in [3.63, 3.8) is 0 Å². The molecule has 0 spiro atoms. The molecule has 4 heteroatoms. The first-order valence-electron chi connectivity index (χ1n) is 7.28. The summed E-state index contributed by atoms with van der Waals surface area (Å²) in [5, 5.41) is 1.25. The first kappa shape index (κ1) is 15.1. The third kappa shape index (κ3) is 3.03. The number of aromatic nitrogens is 2. The molecule has 0 unspecified atom stereocenters. The second-order valence-electron chi connectivity index (χ2n) is 5.15. The zero-order valence-corrected chi connectivity index (χ0v) is 13.7. The molecular weight excluding hydrogens is 315 g/mol. The van der Waals surface area contributed by atoms with Gasteiger partial charge in [0.25, 0.3) is 0 Å². The van der Waals surface area contributed by atoms with E-state index >= 15 is 0 Å². The summed E-state index contributed by atoms with van der Waals surface area (Å²) in [5.74, 6) is 0.866. The molecule has 22 heavy (non-hydrogen) atoms. The van der Waals surface area contributed by atoms with Gasteiger partial charge in [-0.05, 0) is 24.6 Å². The fourth-order valence-electron chi connectivity index (χ4n) is 2.48. The van der Waals surface area contributed by atoms with Crippen LogP contribution in [0.3, 0.4) is 0 Å². The second-order valence-corrected chi connectivity index (χ2v) is 6.00. The molecule has 3 aromatic rings. The summed E-state index contributed by atoms with van der Waals surface area (Å²) in [7, 11) is 0. The Balaban J connectivity index is 2.12. The molecule has 0 aliphatic rings. The minimum Gasteiger partial charge on any atom is -0.341 e. The smallest absolute Gasteiger partial charge is 0.138 e. The minimum atomic E-state index is 0.621. The highest BCUT2D eigenvalue weighted by molar-refractivity contribution is 6.36. The van der Waals surface area contributed by atoms with Crippen molar-refractivity contribution in [2.45, 2.75) is 19.8 Å². The van der Waals surface area contributed by atoms with Gasteiger partial charge < -0.3 is 4.98 Å². The maximum absolute atomic E-state index is 6.35. The number of nitrogens with one attached hydrogen (secondary N) is 1. The van der Waals surface area contributed by atoms with Crippen LogP contribution in [0.15, 0.2) is 48.5 Å². The number of hydrogen-bond donors (Lipinski definition) is 1. The maximum atomic E-state index is 6.35. The first-order chi connectivity index (χ1) is 10.7. The van der Waals surface area contributed by atoms with Crippen LogP contribution in [0, 0.1) is 0 Å². The van der Waals surface area contributed by atoms with Crippen molar-refractivity contribution in [3.05, 3.63) is 64.3 Å². The molecule has 2 aromatic carbocycles. The van der Waals surface area contributed by atoms with Gasteiger partial charge in [0, 0.05) is 21.8 Å². The van der Waals surface area contributed by atoms with Crippen molar-refractivity contribution in [1.29, 1.82) is 0 Å². The molecule has 3 rings (SSSR count). The quantitative estimate of drug-likeness (QED) is 0.624. The Labute approximate surface area is 140 Å². The number of halogens is 2. The molecule has 112 valence electrons. The van der Waals surface area contributed by atoms with Crippen LogP contribution in [-0.4, -0.2) is 9.97 Å². The number of hydrogen-bond acceptors (Lipinski definition) is 1. The van der Waals surface area contributed by atoms with Gasteiger partial charge in [-0.25, -0.2) is 4.98 Å². The molecule has 0 bridgehead atoms. The predicted octanol–water partition coefficient (Wildman–Crippen LogP) is 6.00. The Morgan fingerprint density at radius 3 is 2.50 bits per heavy atom. The van der Waals surface area contributed by atoms with E-state index in [1.54, 1.807) is 6.07 Å². The summed E-state index contributed by atoms with van der Waals surface area (Å²) in [6, 6.07) is 15.6. The molecule has 1 aromatic heterocycles. The van der Waals surface area contributed by atoms with Crippen LogP contribution in [0.2, 0.25) is 10.0 Å². The summed E-state index contributed by atoms with van der Waals surface area (Å²) in [6.07, 6.45) is 1.96. The summed E-state index contributed by atoms with van der Waals surface area (Å²) in [4.78, 5) is 8.21. The van der Waals surface area contributed by atoms with Crippen molar-refractivity contribution in [2.24, 2.45) is 0 Å². The average molecular weight is 331 g/mol. The molecule has 2 nitrogen and oxygen atoms in total. The molecule has 1 N–H and O–H groups in total. The van der Waals surface area contributed by atoms with Crippen LogP contribution < -0.4 is 0 Å². The van der Waals surface area contributed by atoms with Gasteiger partial charge in [0.15, 0.2) is 0 Å². The first-order valence-corrected chi connectivity index (χ1v) is 8.04. The standard InChI is InChI=1S/C18H16Cl2N2/c1-2-6-16-17(14-10-9-13(19)11-15(14)20)22-18(21-16)12-7-4-3-5-8-12/h3-5,7-11H,2,6H2,1H3,(H,21,22). The number of aromatic amines is 1. The van der Waals surface area contributed by atoms with Crippen LogP contribution in [0.4, 0.5) is 0 Å². The Morgan fingerprint density at radius 2 is 1.82 bits per heavy atom. The number of aryl methyl sites for hydroxylation is 1. The molecule has 0 radical (unpaired) electrons. The van der Waals surface area contributed by atoms with Gasteiger partial charge in [-0.15, -0.1) is 0 Å². The highest BCUT2D eigenvalue weighted by Gasteiger charge is 2.15. The van der Waals surface area contributed by atoms with Gasteiger partial charge in [0.05, 0.1) is 10.7 Å². The summed E-state index contributed by atoms with van der Waals surface area (Å²) in [6.45, 7) is 2.15. The van der Waals surface area contributed by atoms with E-state index in [1.165, 1.54) is 0 Å². The predicted molar refractivity (Wildman–Crippen MR) is 93.5 cm³/mol. The third-order valence-electron chi connectivity index (χ3n) is 3.51. The van der Waals surface area contributed by atoms with Crippen molar-refractivity contribution in [1.82, 2.24) is 9.97 Å². The van der Waals surface area contributed by atoms with Crippen molar-refractivity contribution in [2.75, 3.05) is 0 Å². The fraction of sp³-hybridized carbons (Fsp3) is 0.167. The van der Waals surface area contributed by atoms with E-state index in [0.29, 0.717) is 10.0 Å². The lowest BCUT2D eigenvalue weighted by Crippen LogP contribution is -1.89. The van der Waals surface area contributed by atoms with Crippen molar-refractivity contribution >= 4 is 23.2 Å². The summed E-state index contributed by atoms with van der Waals surface area (Å²) >= 11 is 12.3. The van der Waals surface area contributed by atoms with E-state index < -0.39 is 0 Å². The van der Waals surface area contributed by atoms with Gasteiger partial charge >= 0.3 is 0 Å². The van der Waals surface area contributed by atoms with E-state index in [9.17, 15) is 0 Å². The molecule has 0 atom stereocenters. The van der Waals surface area contributed by atoms with Gasteiger partial charge in [-0.3, -0.25) is 0 Å². The Bertz CT molecular complexity index is 779. The molecule has 0 aliphatic heterocycles. The van der Waals surface area contributed by atoms with Gasteiger partial charge in [-0.1, -0.05) is 66.9 Å². The van der Waals surface area contributed by atoms with Gasteiger partial charge in [0.2, 0.25) is 0 Å². The molecule has 0 amide bonds. The van der Waals surface area contributed by atoms with Crippen LogP contribution >= 0.6 is 23.2 Å². The van der Waals surface area contributed by atoms with E-state index in [1.807, 2.05) is 42.5 Å². The lowest BCUT2D eigenvalue weighted by molar-refractivity contribution is 0.895. The maximum Gasteiger partial charge on any atom is 0.138 e. The lowest BCUT2D eigenvalue weighted by atomic mass is 10.1. The lowest BCUT2D eigenvalue weighted by Gasteiger charge is -2.04. The van der Waals surface area contributed by atoms with Crippen LogP contribution in [0.1, 0.15) is 19.0 Å². The number of H-pyrrole nitrogens is 1. The largest absolute Gasteiger partial charge is 0.341 e. The van der Waals surface area contributed by atoms with E-state index in [4.69, 9.17) is 28.2 Å². The third-order valence-corrected chi connectivity index (χ3v) is 4.06. The van der Waals surface area contributed by atoms with Crippen molar-refractivity contribution in [3.8, 4) is 22.6 Å². The zero-order chi connectivity index (χ0) is 15.5. The Kier molecular flexibility index (Phi) is 4.51. The zero-order valence-electron chi connectivity index (χ0n) is 12.2. The number of benzene rings is 2. The topological polar surface area (TPSA) is 28.7 Å². The molecular formula is C18H16Cl2N2. The summed E-state index contributed by atoms with van der Waals surface area (Å²) in [5.41, 5.74) is 3.98. The number of nitrogens with zero attached hydrogens (tertiary/aromatic N) is 1. The molecule has 0 fully saturated rings. The monoisotopic (exact) mass is 330 g/mol. The number of rotatable bonds is 4. The SMILES string of the molecule is CCCc1[nH]c(-c2ccccc2)nc1-c1ccc(Cl)cc1Cl. The fourth-order valence-corrected chi connectivity index (χ4v) is 2.98. The molecule has 1 heterocycles. The molecule has 0 saturated heterocycles. The van der Waals surface area contributed by atoms with Crippen LogP contribution in [0.25, 0.3) is 22.6 Å². The van der Waals surface area contributed by atoms with Crippen LogP contribution in [0.5, 0.6) is 0 Å². The highest BCUT2D eigenvalue weighted by atomic mass is 35.5. The second kappa shape index (κ2) is 6.55. The van der Waals surface area contributed by atoms with Crippen molar-refractivity contribution < 1.29 is 0 Å². The minimum absolute atomic E-state index is 0.621. The Morgan fingerprint density at radius 1 is 1.05 bits per heavy atom. The Hall–Kier alpha value is -1.77. The number of imidazole rings is 1. The van der Waals surface area contributed by atoms with Gasteiger partial charge in [0.1, 0.15) is 5.82 Å². The van der Waals surface area contributed by atoms with E-state index in [0.717, 1.165) is 41.2 Å². The molecule has 0 saturated carbocycles. The van der Waals surface area contributed by atoms with Gasteiger partial charge in [-0.2, -0.15) is 0 Å². The van der Waals surface area contributed by atoms with E-state index in [2.05, 4.69) is 11.9 Å². The van der Waals surface area contributed by atoms with E-state index in [-0.39, 0.29) is 0 Å². The normalized spacial score (nSPS) is 10.9. The average Bonchev–Trinajstić information content (AvgIpc) is 2.92. The molecule has 0 aliphatic carbocycles. The summed E-state index contributed by atoms with van der Waals surface area (Å²) < 4.78 is 0. The van der Waals surface area contributed by atoms with Crippen LogP contribution in [-0.2, 0) is 6.42 Å².